The number of piperidine rings is 3. The van der Waals surface area contributed by atoms with E-state index in [0.29, 0.717) is 18.0 Å². The van der Waals surface area contributed by atoms with E-state index in [1.54, 1.807) is 0 Å². The Morgan fingerprint density at radius 1 is 1.39 bits per heavy atom. The highest BCUT2D eigenvalue weighted by Gasteiger charge is 2.35. The molecular formula is C22H27N3O3. The summed E-state index contributed by atoms with van der Waals surface area (Å²) in [4.78, 5) is 23.7. The van der Waals surface area contributed by atoms with Gasteiger partial charge in [0.15, 0.2) is 5.78 Å². The molecule has 0 amide bonds. The number of fused-ring (bicyclic) bond motifs is 4. The van der Waals surface area contributed by atoms with Crippen molar-refractivity contribution in [2.24, 2.45) is 11.8 Å². The monoisotopic (exact) mass is 381 g/mol. The zero-order valence-corrected chi connectivity index (χ0v) is 16.3. The summed E-state index contributed by atoms with van der Waals surface area (Å²) in [5.41, 5.74) is 2.47. The molecule has 1 aromatic heterocycles. The first-order chi connectivity index (χ1) is 13.7. The molecule has 6 heteroatoms. The summed E-state index contributed by atoms with van der Waals surface area (Å²) in [5.74, 6) is 7.73. The fourth-order valence-electron chi connectivity index (χ4n) is 4.25. The Balaban J connectivity index is 0.000000706. The van der Waals surface area contributed by atoms with Gasteiger partial charge in [0.1, 0.15) is 5.69 Å². The van der Waals surface area contributed by atoms with Crippen LogP contribution in [0, 0.1) is 23.7 Å². The topological polar surface area (TPSA) is 86.3 Å². The number of carbonyl (C=O) groups is 2. The van der Waals surface area contributed by atoms with Gasteiger partial charge in [0.2, 0.25) is 0 Å². The lowest BCUT2D eigenvalue weighted by Crippen LogP contribution is -2.47. The van der Waals surface area contributed by atoms with Crippen molar-refractivity contribution in [1.29, 1.82) is 0 Å². The molecule has 5 rings (SSSR count). The lowest BCUT2D eigenvalue weighted by molar-refractivity contribution is -0.122. The molecule has 1 atom stereocenters. The summed E-state index contributed by atoms with van der Waals surface area (Å²) in [7, 11) is 0. The number of hydrogen-bond acceptors (Lipinski definition) is 4. The van der Waals surface area contributed by atoms with Crippen molar-refractivity contribution in [3.05, 3.63) is 29.5 Å². The number of ketones is 1. The molecule has 148 valence electrons. The van der Waals surface area contributed by atoms with Gasteiger partial charge in [-0.2, -0.15) is 5.10 Å². The summed E-state index contributed by atoms with van der Waals surface area (Å²) in [6.07, 6.45) is 5.10. The van der Waals surface area contributed by atoms with E-state index in [4.69, 9.17) is 9.90 Å². The second-order valence-corrected chi connectivity index (χ2v) is 7.52. The number of aromatic nitrogens is 2. The first kappa shape index (κ1) is 20.1. The molecule has 3 aliphatic heterocycles. The third-order valence-corrected chi connectivity index (χ3v) is 5.67. The van der Waals surface area contributed by atoms with E-state index >= 15 is 0 Å². The number of nitrogens with one attached hydrogen (secondary N) is 1. The zero-order valence-electron chi connectivity index (χ0n) is 16.3. The predicted octanol–water partition coefficient (Wildman–Crippen LogP) is 3.33. The number of nitrogens with zero attached hydrogens (tertiary/aromatic N) is 2. The molecule has 0 radical (unpaired) electrons. The van der Waals surface area contributed by atoms with E-state index in [9.17, 15) is 4.79 Å². The number of aromatic amines is 1. The van der Waals surface area contributed by atoms with Crippen LogP contribution in [0.2, 0.25) is 0 Å². The van der Waals surface area contributed by atoms with Crippen LogP contribution < -0.4 is 0 Å². The van der Waals surface area contributed by atoms with Crippen LogP contribution in [-0.4, -0.2) is 52.1 Å². The average Bonchev–Trinajstić information content (AvgIpc) is 3.13. The van der Waals surface area contributed by atoms with Gasteiger partial charge < -0.3 is 10.0 Å². The quantitative estimate of drug-likeness (QED) is 0.482. The largest absolute Gasteiger partial charge is 0.483 e. The maximum absolute atomic E-state index is 12.8. The van der Waals surface area contributed by atoms with Crippen molar-refractivity contribution in [1.82, 2.24) is 15.1 Å². The Hall–Kier alpha value is -2.65. The van der Waals surface area contributed by atoms with E-state index in [0.717, 1.165) is 41.8 Å². The summed E-state index contributed by atoms with van der Waals surface area (Å²) in [6.45, 7) is 5.38. The maximum Gasteiger partial charge on any atom is 0.290 e. The molecule has 1 aromatic carbocycles. The van der Waals surface area contributed by atoms with Crippen LogP contribution in [-0.2, 0) is 4.79 Å². The fraction of sp³-hybridized carbons (Fsp3) is 0.500. The fourth-order valence-corrected chi connectivity index (χ4v) is 4.25. The van der Waals surface area contributed by atoms with Gasteiger partial charge in [0.05, 0.1) is 5.52 Å². The molecule has 3 aliphatic rings. The smallest absolute Gasteiger partial charge is 0.290 e. The number of carbonyl (C=O) groups excluding carboxylic acids is 1. The van der Waals surface area contributed by atoms with Crippen LogP contribution in [0.5, 0.6) is 0 Å². The van der Waals surface area contributed by atoms with Crippen LogP contribution in [0.3, 0.4) is 0 Å². The molecule has 4 heterocycles. The van der Waals surface area contributed by atoms with Crippen molar-refractivity contribution in [2.75, 3.05) is 19.6 Å². The van der Waals surface area contributed by atoms with E-state index in [1.165, 1.54) is 25.9 Å². The first-order valence-electron chi connectivity index (χ1n) is 9.96. The molecule has 0 aliphatic carbocycles. The Labute approximate surface area is 165 Å². The number of hydrogen-bond donors (Lipinski definition) is 2. The van der Waals surface area contributed by atoms with Crippen LogP contribution in [0.1, 0.15) is 55.1 Å². The van der Waals surface area contributed by atoms with Crippen LogP contribution in [0.15, 0.2) is 18.2 Å². The summed E-state index contributed by atoms with van der Waals surface area (Å²) in [6, 6.07) is 5.97. The number of carboxylic acid groups (broad SMARTS) is 1. The van der Waals surface area contributed by atoms with Gasteiger partial charge in [-0.3, -0.25) is 14.7 Å². The normalized spacial score (nSPS) is 22.7. The molecule has 3 fully saturated rings. The lowest BCUT2D eigenvalue weighted by Gasteiger charge is -2.44. The Morgan fingerprint density at radius 3 is 2.79 bits per heavy atom. The number of H-pyrrole nitrogens is 1. The summed E-state index contributed by atoms with van der Waals surface area (Å²) in [5, 5.41) is 15.2. The van der Waals surface area contributed by atoms with E-state index < -0.39 is 0 Å². The van der Waals surface area contributed by atoms with E-state index in [1.807, 2.05) is 18.2 Å². The van der Waals surface area contributed by atoms with Gasteiger partial charge in [0, 0.05) is 30.3 Å². The van der Waals surface area contributed by atoms with Crippen molar-refractivity contribution in [3.8, 4) is 11.8 Å². The van der Waals surface area contributed by atoms with Gasteiger partial charge in [-0.05, 0) is 62.4 Å². The minimum atomic E-state index is -0.250. The molecule has 0 saturated carbocycles. The Morgan fingerprint density at radius 2 is 2.14 bits per heavy atom. The minimum absolute atomic E-state index is 0.176. The molecule has 0 unspecified atom stereocenters. The molecule has 28 heavy (non-hydrogen) atoms. The maximum atomic E-state index is 12.8. The highest BCUT2D eigenvalue weighted by Crippen LogP contribution is 2.35. The molecule has 2 N–H and O–H groups in total. The lowest BCUT2D eigenvalue weighted by atomic mass is 9.76. The molecule has 2 bridgehead atoms. The minimum Gasteiger partial charge on any atom is -0.483 e. The number of rotatable bonds is 4. The predicted molar refractivity (Wildman–Crippen MR) is 108 cm³/mol. The molecule has 2 aromatic rings. The van der Waals surface area contributed by atoms with Gasteiger partial charge in [-0.25, -0.2) is 0 Å². The second kappa shape index (κ2) is 9.52. The van der Waals surface area contributed by atoms with Gasteiger partial charge >= 0.3 is 0 Å². The van der Waals surface area contributed by atoms with Crippen LogP contribution >= 0.6 is 0 Å². The van der Waals surface area contributed by atoms with Crippen LogP contribution in [0.4, 0.5) is 0 Å². The van der Waals surface area contributed by atoms with Crippen molar-refractivity contribution < 1.29 is 14.7 Å². The van der Waals surface area contributed by atoms with Gasteiger partial charge in [-0.15, -0.1) is 0 Å². The van der Waals surface area contributed by atoms with E-state index in [2.05, 4.69) is 33.9 Å². The summed E-state index contributed by atoms with van der Waals surface area (Å²) < 4.78 is 0. The molecular weight excluding hydrogens is 354 g/mol. The Kier molecular flexibility index (Phi) is 6.83. The standard InChI is InChI=1S/C21H25N3O.CH2O2/c1-2-3-4-5-15-6-7-18-19(12-15)22-23-21(18)20(25)13-17-14-24-10-8-16(17)9-11-24;2-1-3/h6-7,12,16-17H,2-3,8-11,13-14H2,1H3,(H,22,23);1H,(H,2,3)/t17-;/m0./s1. The highest BCUT2D eigenvalue weighted by molar-refractivity contribution is 6.06. The molecule has 3 saturated heterocycles. The number of Topliss-reactive ketones (excluding diaryl/α,β-unsaturated/α-hetero) is 1. The average molecular weight is 381 g/mol. The number of unbranched alkanes of at least 4 members (excludes halogenated alkanes) is 1. The second-order valence-electron chi connectivity index (χ2n) is 7.52. The number of benzene rings is 1. The SMILES string of the molecule is CCCC#Cc1ccc2c(C(=O)C[C@H]3CN4CCC3CC4)n[nH]c2c1.O=CO. The third kappa shape index (κ3) is 4.60. The van der Waals surface area contributed by atoms with Crippen molar-refractivity contribution in [3.63, 3.8) is 0 Å². The molecule has 6 nitrogen and oxygen atoms in total. The highest BCUT2D eigenvalue weighted by atomic mass is 16.3. The van der Waals surface area contributed by atoms with E-state index in [-0.39, 0.29) is 12.3 Å². The van der Waals surface area contributed by atoms with Crippen molar-refractivity contribution in [2.45, 2.75) is 39.0 Å². The van der Waals surface area contributed by atoms with Gasteiger partial charge in [-0.1, -0.05) is 18.8 Å². The first-order valence-corrected chi connectivity index (χ1v) is 9.96. The van der Waals surface area contributed by atoms with Crippen molar-refractivity contribution >= 4 is 23.2 Å². The third-order valence-electron chi connectivity index (χ3n) is 5.67. The van der Waals surface area contributed by atoms with Crippen LogP contribution in [0.25, 0.3) is 10.9 Å². The zero-order chi connectivity index (χ0) is 19.9. The molecule has 0 spiro atoms. The van der Waals surface area contributed by atoms with Gasteiger partial charge in [0.25, 0.3) is 6.47 Å². The summed E-state index contributed by atoms with van der Waals surface area (Å²) >= 11 is 0. The Bertz CT molecular complexity index is 885.